The summed E-state index contributed by atoms with van der Waals surface area (Å²) >= 11 is 6.32. The molecule has 0 aliphatic rings. The summed E-state index contributed by atoms with van der Waals surface area (Å²) < 4.78 is 15.4. The molecule has 3 aromatic carbocycles. The summed E-state index contributed by atoms with van der Waals surface area (Å²) in [6.07, 6.45) is 3.22. The summed E-state index contributed by atoms with van der Waals surface area (Å²) in [6.45, 7) is 0. The van der Waals surface area contributed by atoms with Gasteiger partial charge in [0.15, 0.2) is 0 Å². The lowest BCUT2D eigenvalue weighted by atomic mass is 10.2. The average Bonchev–Trinajstić information content (AvgIpc) is 2.68. The molecule has 0 aliphatic heterocycles. The number of hydrogen-bond donors (Lipinski definition) is 0. The zero-order chi connectivity index (χ0) is 18.8. The second-order valence-electron chi connectivity index (χ2n) is 5.93. The Hall–Kier alpha value is -3.24. The standard InChI is InChI=1S/C22H14ClFN2O/c23-17-9-3-6-12-20(17)26-21(14-13-15-7-1-4-10-18(15)24)25-19-11-5-2-8-16(19)22(26)27/h1-14H/b14-13+. The zero-order valence-corrected chi connectivity index (χ0v) is 14.9. The average molecular weight is 377 g/mol. The molecular weight excluding hydrogens is 363 g/mol. The van der Waals surface area contributed by atoms with Crippen LogP contribution < -0.4 is 5.56 Å². The van der Waals surface area contributed by atoms with Gasteiger partial charge in [-0.1, -0.05) is 54.1 Å². The van der Waals surface area contributed by atoms with Gasteiger partial charge in [0.1, 0.15) is 11.6 Å². The van der Waals surface area contributed by atoms with Gasteiger partial charge >= 0.3 is 0 Å². The molecule has 1 heterocycles. The van der Waals surface area contributed by atoms with E-state index in [0.717, 1.165) is 0 Å². The lowest BCUT2D eigenvalue weighted by Gasteiger charge is -2.12. The van der Waals surface area contributed by atoms with Gasteiger partial charge in [0, 0.05) is 5.56 Å². The highest BCUT2D eigenvalue weighted by molar-refractivity contribution is 6.32. The van der Waals surface area contributed by atoms with Gasteiger partial charge in [-0.15, -0.1) is 0 Å². The molecule has 27 heavy (non-hydrogen) atoms. The lowest BCUT2D eigenvalue weighted by molar-refractivity contribution is 0.625. The molecule has 0 fully saturated rings. The smallest absolute Gasteiger partial charge is 0.266 e. The minimum atomic E-state index is -0.346. The second kappa shape index (κ2) is 7.17. The summed E-state index contributed by atoms with van der Waals surface area (Å²) in [4.78, 5) is 17.7. The van der Waals surface area contributed by atoms with E-state index in [9.17, 15) is 9.18 Å². The van der Waals surface area contributed by atoms with E-state index in [2.05, 4.69) is 4.98 Å². The van der Waals surface area contributed by atoms with Crippen molar-refractivity contribution < 1.29 is 4.39 Å². The maximum atomic E-state index is 14.0. The molecule has 0 spiro atoms. The van der Waals surface area contributed by atoms with Crippen molar-refractivity contribution in [3.8, 4) is 5.69 Å². The van der Waals surface area contributed by atoms with Crippen LogP contribution >= 0.6 is 11.6 Å². The Kier molecular flexibility index (Phi) is 4.57. The molecule has 0 saturated carbocycles. The summed E-state index contributed by atoms with van der Waals surface area (Å²) in [6, 6.07) is 20.6. The molecule has 0 unspecified atom stereocenters. The molecule has 0 N–H and O–H groups in total. The first kappa shape index (κ1) is 17.2. The molecule has 0 saturated heterocycles. The Morgan fingerprint density at radius 2 is 1.59 bits per heavy atom. The number of benzene rings is 3. The maximum Gasteiger partial charge on any atom is 0.266 e. The van der Waals surface area contributed by atoms with Crippen molar-refractivity contribution in [2.24, 2.45) is 0 Å². The molecule has 0 bridgehead atoms. The van der Waals surface area contributed by atoms with E-state index >= 15 is 0 Å². The van der Waals surface area contributed by atoms with Gasteiger partial charge in [-0.05, 0) is 42.5 Å². The van der Waals surface area contributed by atoms with E-state index in [-0.39, 0.29) is 11.4 Å². The first-order valence-electron chi connectivity index (χ1n) is 8.34. The Morgan fingerprint density at radius 3 is 2.41 bits per heavy atom. The number of para-hydroxylation sites is 2. The number of rotatable bonds is 3. The monoisotopic (exact) mass is 376 g/mol. The third-order valence-electron chi connectivity index (χ3n) is 4.21. The fraction of sp³-hybridized carbons (Fsp3) is 0. The van der Waals surface area contributed by atoms with Crippen molar-refractivity contribution in [1.82, 2.24) is 9.55 Å². The minimum Gasteiger partial charge on any atom is -0.268 e. The van der Waals surface area contributed by atoms with Crippen molar-refractivity contribution in [2.45, 2.75) is 0 Å². The van der Waals surface area contributed by atoms with Crippen molar-refractivity contribution >= 4 is 34.7 Å². The van der Waals surface area contributed by atoms with Gasteiger partial charge in [-0.2, -0.15) is 0 Å². The van der Waals surface area contributed by atoms with Crippen LogP contribution in [-0.4, -0.2) is 9.55 Å². The van der Waals surface area contributed by atoms with Crippen molar-refractivity contribution in [1.29, 1.82) is 0 Å². The third kappa shape index (κ3) is 3.27. The molecule has 4 aromatic rings. The molecular formula is C22H14ClFN2O. The highest BCUT2D eigenvalue weighted by Gasteiger charge is 2.13. The molecule has 132 valence electrons. The predicted octanol–water partition coefficient (Wildman–Crippen LogP) is 5.35. The van der Waals surface area contributed by atoms with E-state index in [4.69, 9.17) is 11.6 Å². The van der Waals surface area contributed by atoms with Gasteiger partial charge in [0.05, 0.1) is 21.6 Å². The Labute approximate surface area is 160 Å². The molecule has 4 rings (SSSR count). The predicted molar refractivity (Wildman–Crippen MR) is 108 cm³/mol. The summed E-state index contributed by atoms with van der Waals surface area (Å²) in [5, 5.41) is 0.915. The Bertz CT molecular complexity index is 1230. The van der Waals surface area contributed by atoms with E-state index in [1.807, 2.05) is 6.07 Å². The number of aromatic nitrogens is 2. The fourth-order valence-electron chi connectivity index (χ4n) is 2.90. The number of hydrogen-bond acceptors (Lipinski definition) is 2. The third-order valence-corrected chi connectivity index (χ3v) is 4.53. The minimum absolute atomic E-state index is 0.234. The van der Waals surface area contributed by atoms with Crippen LogP contribution in [0.15, 0.2) is 77.6 Å². The molecule has 3 nitrogen and oxygen atoms in total. The van der Waals surface area contributed by atoms with E-state index in [0.29, 0.717) is 33.0 Å². The Morgan fingerprint density at radius 1 is 0.889 bits per heavy atom. The van der Waals surface area contributed by atoms with Crippen molar-refractivity contribution in [3.63, 3.8) is 0 Å². The topological polar surface area (TPSA) is 34.9 Å². The first-order chi connectivity index (χ1) is 13.1. The summed E-state index contributed by atoms with van der Waals surface area (Å²) in [5.74, 6) is 0.0243. The van der Waals surface area contributed by atoms with Crippen molar-refractivity contribution in [3.05, 3.63) is 105 Å². The molecule has 0 aliphatic carbocycles. The molecule has 0 radical (unpaired) electrons. The van der Waals surface area contributed by atoms with Crippen LogP contribution in [0, 0.1) is 5.82 Å². The van der Waals surface area contributed by atoms with Crippen LogP contribution in [0.2, 0.25) is 5.02 Å². The molecule has 0 atom stereocenters. The fourth-order valence-corrected chi connectivity index (χ4v) is 3.12. The SMILES string of the molecule is O=c1c2ccccc2nc(/C=C/c2ccccc2F)n1-c1ccccc1Cl. The lowest BCUT2D eigenvalue weighted by Crippen LogP contribution is -2.22. The van der Waals surface area contributed by atoms with Crippen LogP contribution in [0.1, 0.15) is 11.4 Å². The van der Waals surface area contributed by atoms with Gasteiger partial charge in [-0.25, -0.2) is 9.37 Å². The molecule has 5 heteroatoms. The van der Waals surface area contributed by atoms with Crippen LogP contribution in [-0.2, 0) is 0 Å². The largest absolute Gasteiger partial charge is 0.268 e. The number of halogens is 2. The van der Waals surface area contributed by atoms with Gasteiger partial charge < -0.3 is 0 Å². The zero-order valence-electron chi connectivity index (χ0n) is 14.1. The van der Waals surface area contributed by atoms with Gasteiger partial charge in [-0.3, -0.25) is 9.36 Å². The number of fused-ring (bicyclic) bond motifs is 1. The molecule has 1 aromatic heterocycles. The number of nitrogens with zero attached hydrogens (tertiary/aromatic N) is 2. The van der Waals surface area contributed by atoms with E-state index in [1.54, 1.807) is 72.8 Å². The second-order valence-corrected chi connectivity index (χ2v) is 6.34. The quantitative estimate of drug-likeness (QED) is 0.483. The van der Waals surface area contributed by atoms with Crippen LogP contribution in [0.25, 0.3) is 28.7 Å². The van der Waals surface area contributed by atoms with Crippen molar-refractivity contribution in [2.75, 3.05) is 0 Å². The summed E-state index contributed by atoms with van der Waals surface area (Å²) in [5.41, 5.74) is 1.27. The maximum absolute atomic E-state index is 14.0. The highest BCUT2D eigenvalue weighted by Crippen LogP contribution is 2.22. The van der Waals surface area contributed by atoms with Crippen LogP contribution in [0.5, 0.6) is 0 Å². The highest BCUT2D eigenvalue weighted by atomic mass is 35.5. The van der Waals surface area contributed by atoms with Crippen LogP contribution in [0.3, 0.4) is 0 Å². The normalized spacial score (nSPS) is 11.3. The molecule has 0 amide bonds. The van der Waals surface area contributed by atoms with Gasteiger partial charge in [0.2, 0.25) is 0 Å². The first-order valence-corrected chi connectivity index (χ1v) is 8.72. The van der Waals surface area contributed by atoms with Crippen LogP contribution in [0.4, 0.5) is 4.39 Å². The summed E-state index contributed by atoms with van der Waals surface area (Å²) in [7, 11) is 0. The Balaban J connectivity index is 1.99. The van der Waals surface area contributed by atoms with E-state index < -0.39 is 0 Å². The van der Waals surface area contributed by atoms with Gasteiger partial charge in [0.25, 0.3) is 5.56 Å². The van der Waals surface area contributed by atoms with E-state index in [1.165, 1.54) is 10.6 Å².